The molecule has 0 bridgehead atoms. The van der Waals surface area contributed by atoms with Crippen LogP contribution in [0.15, 0.2) is 59.8 Å². The van der Waals surface area contributed by atoms with Crippen LogP contribution in [0, 0.1) is 5.41 Å². The Labute approximate surface area is 207 Å². The first-order chi connectivity index (χ1) is 16.8. The lowest BCUT2D eigenvalue weighted by Crippen LogP contribution is -2.42. The van der Waals surface area contributed by atoms with Crippen molar-refractivity contribution in [3.63, 3.8) is 0 Å². The molecule has 2 N–H and O–H groups in total. The van der Waals surface area contributed by atoms with E-state index in [4.69, 9.17) is 9.47 Å². The van der Waals surface area contributed by atoms with E-state index in [2.05, 4.69) is 24.5 Å². The highest BCUT2D eigenvalue weighted by atomic mass is 16.5. The molecule has 2 aromatic carbocycles. The Morgan fingerprint density at radius 1 is 1.14 bits per heavy atom. The molecule has 2 aromatic rings. The topological polar surface area (TPSA) is 79.9 Å². The summed E-state index contributed by atoms with van der Waals surface area (Å²) in [6.07, 6.45) is 1.95. The SMILES string of the molecule is COCCCNC(=O)CN1c2ccccc2NC2=C(C(=O)CC(C)(C)C2)C1c1cccc(OC)c1. The zero-order chi connectivity index (χ0) is 25.0. The zero-order valence-electron chi connectivity index (χ0n) is 21.0. The average Bonchev–Trinajstić information content (AvgIpc) is 2.95. The van der Waals surface area contributed by atoms with E-state index in [-0.39, 0.29) is 23.7 Å². The van der Waals surface area contributed by atoms with Crippen molar-refractivity contribution in [1.29, 1.82) is 0 Å². The molecule has 0 saturated carbocycles. The zero-order valence-corrected chi connectivity index (χ0v) is 21.0. The van der Waals surface area contributed by atoms with Crippen LogP contribution >= 0.6 is 0 Å². The molecular weight excluding hydrogens is 442 g/mol. The number of Topliss-reactive ketones (excluding diaryl/α,β-unsaturated/α-hetero) is 1. The number of para-hydroxylation sites is 2. The molecule has 4 rings (SSSR count). The second kappa shape index (κ2) is 10.5. The van der Waals surface area contributed by atoms with Gasteiger partial charge in [0.1, 0.15) is 5.75 Å². The smallest absolute Gasteiger partial charge is 0.239 e. The number of allylic oxidation sites excluding steroid dienone is 1. The van der Waals surface area contributed by atoms with Crippen LogP contribution in [0.3, 0.4) is 0 Å². The Bertz CT molecular complexity index is 1120. The number of nitrogens with one attached hydrogen (secondary N) is 2. The van der Waals surface area contributed by atoms with Crippen molar-refractivity contribution in [2.45, 2.75) is 39.2 Å². The van der Waals surface area contributed by atoms with Gasteiger partial charge in [0.05, 0.1) is 31.1 Å². The molecule has 0 saturated heterocycles. The molecule has 0 radical (unpaired) electrons. The summed E-state index contributed by atoms with van der Waals surface area (Å²) in [7, 11) is 3.28. The highest BCUT2D eigenvalue weighted by Crippen LogP contribution is 2.48. The summed E-state index contributed by atoms with van der Waals surface area (Å²) in [6.45, 7) is 5.48. The van der Waals surface area contributed by atoms with Crippen LogP contribution in [0.5, 0.6) is 5.75 Å². The van der Waals surface area contributed by atoms with E-state index in [0.29, 0.717) is 25.3 Å². The monoisotopic (exact) mass is 477 g/mol. The van der Waals surface area contributed by atoms with Crippen molar-refractivity contribution in [2.75, 3.05) is 44.1 Å². The van der Waals surface area contributed by atoms with E-state index in [1.165, 1.54) is 0 Å². The van der Waals surface area contributed by atoms with Crippen molar-refractivity contribution < 1.29 is 19.1 Å². The molecule has 1 heterocycles. The van der Waals surface area contributed by atoms with Gasteiger partial charge in [-0.25, -0.2) is 0 Å². The van der Waals surface area contributed by atoms with Crippen LogP contribution in [0.25, 0.3) is 0 Å². The molecule has 1 atom stereocenters. The lowest BCUT2D eigenvalue weighted by Gasteiger charge is -2.38. The third-order valence-corrected chi connectivity index (χ3v) is 6.58. The number of anilines is 2. The largest absolute Gasteiger partial charge is 0.497 e. The van der Waals surface area contributed by atoms with Gasteiger partial charge in [0.2, 0.25) is 5.91 Å². The first-order valence-corrected chi connectivity index (χ1v) is 12.1. The third-order valence-electron chi connectivity index (χ3n) is 6.58. The van der Waals surface area contributed by atoms with E-state index >= 15 is 0 Å². The maximum atomic E-state index is 13.7. The number of hydrogen-bond acceptors (Lipinski definition) is 6. The normalized spacial score (nSPS) is 18.8. The minimum atomic E-state index is -0.426. The second-order valence-electron chi connectivity index (χ2n) is 9.98. The number of carbonyl (C=O) groups excluding carboxylic acids is 2. The number of amides is 1. The molecule has 1 unspecified atom stereocenters. The molecule has 0 fully saturated rings. The van der Waals surface area contributed by atoms with Gasteiger partial charge in [0.25, 0.3) is 0 Å². The quantitative estimate of drug-likeness (QED) is 0.547. The van der Waals surface area contributed by atoms with Crippen molar-refractivity contribution in [3.8, 4) is 5.75 Å². The molecule has 1 aliphatic carbocycles. The van der Waals surface area contributed by atoms with Crippen molar-refractivity contribution in [3.05, 3.63) is 65.4 Å². The number of methoxy groups -OCH3 is 2. The molecular formula is C28H35N3O4. The Kier molecular flexibility index (Phi) is 7.45. The maximum Gasteiger partial charge on any atom is 0.239 e. The number of rotatable bonds is 8. The van der Waals surface area contributed by atoms with E-state index in [1.807, 2.05) is 53.4 Å². The predicted octanol–water partition coefficient (Wildman–Crippen LogP) is 4.46. The van der Waals surface area contributed by atoms with E-state index < -0.39 is 6.04 Å². The van der Waals surface area contributed by atoms with Gasteiger partial charge in [0, 0.05) is 38.0 Å². The summed E-state index contributed by atoms with van der Waals surface area (Å²) >= 11 is 0. The lowest BCUT2D eigenvalue weighted by molar-refractivity contribution is -0.120. The summed E-state index contributed by atoms with van der Waals surface area (Å²) in [5.74, 6) is 0.717. The minimum absolute atomic E-state index is 0.101. The van der Waals surface area contributed by atoms with Gasteiger partial charge in [-0.15, -0.1) is 0 Å². The van der Waals surface area contributed by atoms with Crippen molar-refractivity contribution >= 4 is 23.1 Å². The number of ether oxygens (including phenoxy) is 2. The van der Waals surface area contributed by atoms with Gasteiger partial charge in [-0.2, -0.15) is 0 Å². The van der Waals surface area contributed by atoms with E-state index in [1.54, 1.807) is 14.2 Å². The maximum absolute atomic E-state index is 13.7. The number of benzene rings is 2. The second-order valence-corrected chi connectivity index (χ2v) is 9.98. The fourth-order valence-corrected chi connectivity index (χ4v) is 5.04. The number of nitrogens with zero attached hydrogens (tertiary/aromatic N) is 1. The Morgan fingerprint density at radius 2 is 1.94 bits per heavy atom. The van der Waals surface area contributed by atoms with Gasteiger partial charge < -0.3 is 25.0 Å². The van der Waals surface area contributed by atoms with Crippen LogP contribution in [0.1, 0.15) is 44.7 Å². The number of ketones is 1. The van der Waals surface area contributed by atoms with Gasteiger partial charge in [-0.3, -0.25) is 9.59 Å². The Morgan fingerprint density at radius 3 is 2.71 bits per heavy atom. The molecule has 7 heteroatoms. The first-order valence-electron chi connectivity index (χ1n) is 12.1. The molecule has 2 aliphatic rings. The van der Waals surface area contributed by atoms with E-state index in [0.717, 1.165) is 41.1 Å². The van der Waals surface area contributed by atoms with Crippen molar-refractivity contribution in [2.24, 2.45) is 5.41 Å². The van der Waals surface area contributed by atoms with Gasteiger partial charge in [-0.05, 0) is 48.1 Å². The number of carbonyl (C=O) groups is 2. The minimum Gasteiger partial charge on any atom is -0.497 e. The molecule has 1 aliphatic heterocycles. The third kappa shape index (κ3) is 5.51. The van der Waals surface area contributed by atoms with Crippen LogP contribution in [0.4, 0.5) is 11.4 Å². The summed E-state index contributed by atoms with van der Waals surface area (Å²) in [5, 5.41) is 6.58. The average molecular weight is 478 g/mol. The van der Waals surface area contributed by atoms with Gasteiger partial charge in [0.15, 0.2) is 5.78 Å². The molecule has 0 spiro atoms. The highest BCUT2D eigenvalue weighted by molar-refractivity contribution is 6.01. The van der Waals surface area contributed by atoms with Gasteiger partial charge in [-0.1, -0.05) is 38.1 Å². The van der Waals surface area contributed by atoms with Crippen LogP contribution in [-0.2, 0) is 14.3 Å². The first kappa shape index (κ1) is 24.8. The van der Waals surface area contributed by atoms with Gasteiger partial charge >= 0.3 is 0 Å². The van der Waals surface area contributed by atoms with Crippen LogP contribution in [0.2, 0.25) is 0 Å². The molecule has 186 valence electrons. The van der Waals surface area contributed by atoms with Crippen LogP contribution in [-0.4, -0.2) is 45.6 Å². The summed E-state index contributed by atoms with van der Waals surface area (Å²) in [5.41, 5.74) is 4.19. The number of hydrogen-bond donors (Lipinski definition) is 2. The van der Waals surface area contributed by atoms with Crippen LogP contribution < -0.4 is 20.3 Å². The molecule has 35 heavy (non-hydrogen) atoms. The fraction of sp³-hybridized carbons (Fsp3) is 0.429. The Hall–Kier alpha value is -3.32. The van der Waals surface area contributed by atoms with Crippen molar-refractivity contribution in [1.82, 2.24) is 5.32 Å². The predicted molar refractivity (Wildman–Crippen MR) is 138 cm³/mol. The lowest BCUT2D eigenvalue weighted by atomic mass is 9.73. The fourth-order valence-electron chi connectivity index (χ4n) is 5.04. The number of fused-ring (bicyclic) bond motifs is 1. The highest BCUT2D eigenvalue weighted by Gasteiger charge is 2.41. The summed E-state index contributed by atoms with van der Waals surface area (Å²) in [6, 6.07) is 15.3. The summed E-state index contributed by atoms with van der Waals surface area (Å²) in [4.78, 5) is 28.8. The standard InChI is InChI=1S/C28H35N3O4/c1-28(2)16-22-26(24(32)17-28)27(19-9-7-10-20(15-19)35-4)31(18-25(33)29-13-8-14-34-3)23-12-6-5-11-21(23)30-22/h5-7,9-12,15,27,30H,8,13-14,16-18H2,1-4H3,(H,29,33). The molecule has 1 amide bonds. The summed E-state index contributed by atoms with van der Waals surface area (Å²) < 4.78 is 10.6. The molecule has 0 aromatic heterocycles. The molecule has 7 nitrogen and oxygen atoms in total. The Balaban J connectivity index is 1.82. The van der Waals surface area contributed by atoms with E-state index in [9.17, 15) is 9.59 Å².